The Labute approximate surface area is 99.8 Å². The van der Waals surface area contributed by atoms with Gasteiger partial charge in [-0.25, -0.2) is 0 Å². The summed E-state index contributed by atoms with van der Waals surface area (Å²) in [6.45, 7) is 1.79. The van der Waals surface area contributed by atoms with Crippen LogP contribution in [-0.2, 0) is 0 Å². The van der Waals surface area contributed by atoms with Gasteiger partial charge in [0.2, 0.25) is 5.89 Å². The van der Waals surface area contributed by atoms with Gasteiger partial charge in [-0.1, -0.05) is 6.42 Å². The third kappa shape index (κ3) is 2.97. The van der Waals surface area contributed by atoms with Gasteiger partial charge in [-0.3, -0.25) is 0 Å². The maximum atomic E-state index is 4.84. The van der Waals surface area contributed by atoms with Crippen LogP contribution in [0.15, 0.2) is 4.52 Å². The maximum Gasteiger partial charge on any atom is 1.00 e. The van der Waals surface area contributed by atoms with Gasteiger partial charge in [0.25, 0.3) is 5.95 Å². The molecule has 1 aromatic rings. The van der Waals surface area contributed by atoms with Gasteiger partial charge >= 0.3 is 29.6 Å². The van der Waals surface area contributed by atoms with Crippen LogP contribution in [0.5, 0.6) is 0 Å². The topological polar surface area (TPSA) is 51.0 Å². The molecule has 66 valence electrons. The van der Waals surface area contributed by atoms with Crippen molar-refractivity contribution in [3.8, 4) is 0 Å². The van der Waals surface area contributed by atoms with E-state index in [0.29, 0.717) is 17.9 Å². The molecule has 0 aromatic carbocycles. The number of nitrogens with one attached hydrogen (secondary N) is 1. The zero-order valence-corrected chi connectivity index (χ0v) is 10.1. The van der Waals surface area contributed by atoms with Crippen LogP contribution in [-0.4, -0.2) is 16.2 Å². The Morgan fingerprint density at radius 3 is 3.00 bits per heavy atom. The fraction of sp³-hybridized carbons (Fsp3) is 0.625. The summed E-state index contributed by atoms with van der Waals surface area (Å²) in [5.74, 6) is 1.23. The van der Waals surface area contributed by atoms with Crippen LogP contribution in [0.3, 0.4) is 0 Å². The Hall–Kier alpha value is -0.0600. The third-order valence-electron chi connectivity index (χ3n) is 2.03. The molecule has 5 heteroatoms. The summed E-state index contributed by atoms with van der Waals surface area (Å²) in [6.07, 6.45) is 5.75. The molecule has 0 amide bonds. The number of rotatable bonds is 2. The Balaban J connectivity index is 0.000000845. The maximum absolute atomic E-state index is 4.84. The molecule has 13 heavy (non-hydrogen) atoms. The normalized spacial score (nSPS) is 21.2. The van der Waals surface area contributed by atoms with Crippen molar-refractivity contribution in [2.45, 2.75) is 32.2 Å². The summed E-state index contributed by atoms with van der Waals surface area (Å²) in [4.78, 5) is 4.07. The number of aromatic nitrogens is 2. The summed E-state index contributed by atoms with van der Waals surface area (Å²) < 4.78 is 4.84. The van der Waals surface area contributed by atoms with Gasteiger partial charge in [0.05, 0.1) is 0 Å². The summed E-state index contributed by atoms with van der Waals surface area (Å²) in [5.41, 5.74) is 0. The summed E-state index contributed by atoms with van der Waals surface area (Å²) in [5, 5.41) is 6.98. The zero-order valence-electron chi connectivity index (χ0n) is 8.08. The first-order valence-corrected chi connectivity index (χ1v) is 4.23. The quantitative estimate of drug-likeness (QED) is 0.457. The van der Waals surface area contributed by atoms with Crippen LogP contribution in [0.1, 0.15) is 25.2 Å². The van der Waals surface area contributed by atoms with Crippen LogP contribution < -0.4 is 34.9 Å². The molecular weight excluding hydrogens is 177 g/mol. The molecule has 1 aromatic heterocycles. The fourth-order valence-corrected chi connectivity index (χ4v) is 1.43. The average Bonchev–Trinajstić information content (AvgIpc) is 2.63. The van der Waals surface area contributed by atoms with E-state index in [2.05, 4.69) is 21.9 Å². The Morgan fingerprint density at radius 2 is 2.46 bits per heavy atom. The minimum Gasteiger partial charge on any atom is -0.352 e. The number of hydrogen-bond donors (Lipinski definition) is 1. The van der Waals surface area contributed by atoms with Crippen LogP contribution in [0, 0.1) is 13.3 Å². The number of anilines is 1. The predicted molar refractivity (Wildman–Crippen MR) is 44.6 cm³/mol. The molecule has 0 spiro atoms. The summed E-state index contributed by atoms with van der Waals surface area (Å²) in [6, 6.07) is 0.502. The van der Waals surface area contributed by atoms with Crippen LogP contribution in [0.25, 0.3) is 0 Å². The van der Waals surface area contributed by atoms with E-state index < -0.39 is 0 Å². The molecule has 0 saturated heterocycles. The van der Waals surface area contributed by atoms with Crippen molar-refractivity contribution in [1.29, 1.82) is 0 Å². The number of hydrogen-bond acceptors (Lipinski definition) is 4. The molecule has 0 aliphatic heterocycles. The molecule has 1 N–H and O–H groups in total. The first kappa shape index (κ1) is 11.0. The molecule has 1 unspecified atom stereocenters. The second-order valence-electron chi connectivity index (χ2n) is 3.08. The van der Waals surface area contributed by atoms with E-state index in [1.807, 2.05) is 0 Å². The van der Waals surface area contributed by atoms with E-state index in [0.717, 1.165) is 6.42 Å². The predicted octanol–water partition coefficient (Wildman–Crippen LogP) is -1.45. The van der Waals surface area contributed by atoms with E-state index in [1.54, 1.807) is 6.92 Å². The summed E-state index contributed by atoms with van der Waals surface area (Å²) in [7, 11) is 0. The zero-order chi connectivity index (χ0) is 8.39. The molecule has 1 saturated carbocycles. The first-order chi connectivity index (χ1) is 5.84. The van der Waals surface area contributed by atoms with E-state index in [1.165, 1.54) is 12.8 Å². The van der Waals surface area contributed by atoms with Crippen LogP contribution >= 0.6 is 0 Å². The second kappa shape index (κ2) is 4.98. The van der Waals surface area contributed by atoms with E-state index >= 15 is 0 Å². The minimum absolute atomic E-state index is 0. The smallest absolute Gasteiger partial charge is 0.352 e. The van der Waals surface area contributed by atoms with E-state index in [4.69, 9.17) is 4.52 Å². The van der Waals surface area contributed by atoms with Crippen molar-refractivity contribution in [1.82, 2.24) is 10.1 Å². The largest absolute Gasteiger partial charge is 1.00 e. The van der Waals surface area contributed by atoms with Crippen LogP contribution in [0.4, 0.5) is 5.95 Å². The van der Waals surface area contributed by atoms with Crippen LogP contribution in [0.2, 0.25) is 0 Å². The third-order valence-corrected chi connectivity index (χ3v) is 2.03. The SMILES string of the molecule is Cc1nc(NC2C[CH-]CC2)no1.[Na+]. The van der Waals surface area contributed by atoms with Gasteiger partial charge in [-0.2, -0.15) is 17.8 Å². The molecule has 4 nitrogen and oxygen atoms in total. The minimum atomic E-state index is 0. The molecule has 1 atom stereocenters. The number of nitrogens with zero attached hydrogens (tertiary/aromatic N) is 2. The van der Waals surface area contributed by atoms with Crippen molar-refractivity contribution < 1.29 is 34.1 Å². The Bertz CT molecular complexity index is 258. The van der Waals surface area contributed by atoms with Gasteiger partial charge in [0, 0.05) is 6.92 Å². The molecular formula is C8H12N3NaO. The molecule has 2 rings (SSSR count). The van der Waals surface area contributed by atoms with Gasteiger partial charge in [0.1, 0.15) is 0 Å². The molecule has 0 bridgehead atoms. The van der Waals surface area contributed by atoms with E-state index in [9.17, 15) is 0 Å². The van der Waals surface area contributed by atoms with Gasteiger partial charge in [-0.15, -0.1) is 0 Å². The second-order valence-corrected chi connectivity index (χ2v) is 3.08. The van der Waals surface area contributed by atoms with E-state index in [-0.39, 0.29) is 29.6 Å². The Morgan fingerprint density at radius 1 is 1.62 bits per heavy atom. The molecule has 1 aliphatic carbocycles. The monoisotopic (exact) mass is 189 g/mol. The first-order valence-electron chi connectivity index (χ1n) is 4.23. The number of aryl methyl sites for hydroxylation is 1. The molecule has 0 radical (unpaired) electrons. The van der Waals surface area contributed by atoms with Gasteiger partial charge in [0.15, 0.2) is 0 Å². The van der Waals surface area contributed by atoms with Crippen molar-refractivity contribution in [3.63, 3.8) is 0 Å². The average molecular weight is 189 g/mol. The fourth-order valence-electron chi connectivity index (χ4n) is 1.43. The van der Waals surface area contributed by atoms with Crippen molar-refractivity contribution >= 4 is 5.95 Å². The molecule has 1 fully saturated rings. The van der Waals surface area contributed by atoms with Crippen molar-refractivity contribution in [3.05, 3.63) is 12.3 Å². The van der Waals surface area contributed by atoms with Gasteiger partial charge in [-0.05, 0) is 11.2 Å². The summed E-state index contributed by atoms with van der Waals surface area (Å²) >= 11 is 0. The standard InChI is InChI=1S/C8H12N3O.Na/c1-6-9-8(11-12-6)10-7-4-2-3-5-7;/h2,7H,3-5H2,1H3,(H,10,11);/q-1;+1. The van der Waals surface area contributed by atoms with Gasteiger partial charge < -0.3 is 16.3 Å². The van der Waals surface area contributed by atoms with Crippen molar-refractivity contribution in [2.24, 2.45) is 0 Å². The Kier molecular flexibility index (Phi) is 4.22. The molecule has 1 heterocycles. The molecule has 1 aliphatic rings. The van der Waals surface area contributed by atoms with Crippen molar-refractivity contribution in [2.75, 3.05) is 5.32 Å².